The molecule has 0 amide bonds. The van der Waals surface area contributed by atoms with Crippen molar-refractivity contribution >= 4 is 6.29 Å². The molecule has 0 aliphatic rings. The quantitative estimate of drug-likeness (QED) is 0.755. The first-order valence-electron chi connectivity index (χ1n) is 6.44. The fourth-order valence-electron chi connectivity index (χ4n) is 2.00. The fraction of sp³-hybridized carbons (Fsp3) is 0.235. The Kier molecular flexibility index (Phi) is 3.89. The second-order valence-electron chi connectivity index (χ2n) is 5.65. The number of hydrogen-bond donors (Lipinski definition) is 0. The van der Waals surface area contributed by atoms with E-state index in [1.54, 1.807) is 0 Å². The highest BCUT2D eigenvalue weighted by molar-refractivity contribution is 5.79. The van der Waals surface area contributed by atoms with Crippen molar-refractivity contribution in [3.63, 3.8) is 0 Å². The Bertz CT molecular complexity index is 627. The van der Waals surface area contributed by atoms with Crippen molar-refractivity contribution in [1.29, 1.82) is 0 Å². The highest BCUT2D eigenvalue weighted by Gasteiger charge is 2.19. The number of para-hydroxylation sites is 1. The summed E-state index contributed by atoms with van der Waals surface area (Å²) in [5.41, 5.74) is 1.15. The number of carbonyl (C=O) groups is 1. The van der Waals surface area contributed by atoms with Crippen LogP contribution in [0.15, 0.2) is 42.5 Å². The smallest absolute Gasteiger partial charge is 0.153 e. The van der Waals surface area contributed by atoms with E-state index in [4.69, 9.17) is 4.74 Å². The summed E-state index contributed by atoms with van der Waals surface area (Å²) in [6, 6.07) is 11.6. The largest absolute Gasteiger partial charge is 0.456 e. The minimum absolute atomic E-state index is 0.0854. The molecule has 0 radical (unpaired) electrons. The van der Waals surface area contributed by atoms with Crippen LogP contribution in [0.25, 0.3) is 0 Å². The number of rotatable bonds is 3. The zero-order valence-corrected chi connectivity index (χ0v) is 11.8. The molecular formula is C17H17FO2. The molecule has 0 unspecified atom stereocenters. The summed E-state index contributed by atoms with van der Waals surface area (Å²) in [4.78, 5) is 11.0. The first-order valence-corrected chi connectivity index (χ1v) is 6.44. The normalized spacial score (nSPS) is 11.2. The Hall–Kier alpha value is -2.16. The maximum Gasteiger partial charge on any atom is 0.153 e. The lowest BCUT2D eigenvalue weighted by Crippen LogP contribution is -2.12. The Labute approximate surface area is 118 Å². The molecule has 2 aromatic rings. The van der Waals surface area contributed by atoms with E-state index in [1.807, 2.05) is 24.3 Å². The molecule has 0 saturated carbocycles. The van der Waals surface area contributed by atoms with Gasteiger partial charge < -0.3 is 4.74 Å². The van der Waals surface area contributed by atoms with Crippen molar-refractivity contribution in [2.24, 2.45) is 0 Å². The van der Waals surface area contributed by atoms with Gasteiger partial charge in [0.2, 0.25) is 0 Å². The van der Waals surface area contributed by atoms with Crippen LogP contribution < -0.4 is 4.74 Å². The number of ether oxygens (including phenoxy) is 1. The van der Waals surface area contributed by atoms with Crippen molar-refractivity contribution in [3.8, 4) is 11.5 Å². The molecule has 0 aliphatic carbocycles. The van der Waals surface area contributed by atoms with Gasteiger partial charge in [-0.05, 0) is 29.7 Å². The van der Waals surface area contributed by atoms with Crippen LogP contribution in [0.5, 0.6) is 11.5 Å². The van der Waals surface area contributed by atoms with Gasteiger partial charge in [-0.3, -0.25) is 4.79 Å². The molecule has 0 N–H and O–H groups in total. The predicted octanol–water partition coefficient (Wildman–Crippen LogP) is 4.73. The number of benzene rings is 2. The van der Waals surface area contributed by atoms with Gasteiger partial charge in [0, 0.05) is 5.56 Å². The van der Waals surface area contributed by atoms with Gasteiger partial charge in [0.25, 0.3) is 0 Å². The van der Waals surface area contributed by atoms with Crippen molar-refractivity contribution in [3.05, 3.63) is 59.4 Å². The molecular weight excluding hydrogens is 255 g/mol. The second-order valence-corrected chi connectivity index (χ2v) is 5.65. The molecule has 104 valence electrons. The standard InChI is InChI=1S/C17H17FO2/c1-17(2,3)14-6-4-5-7-16(14)20-15-9-8-13(18)10-12(15)11-19/h4-11H,1-3H3. The Morgan fingerprint density at radius 2 is 1.75 bits per heavy atom. The van der Waals surface area contributed by atoms with E-state index in [0.717, 1.165) is 5.56 Å². The molecule has 0 saturated heterocycles. The van der Waals surface area contributed by atoms with Gasteiger partial charge in [-0.1, -0.05) is 39.0 Å². The van der Waals surface area contributed by atoms with Crippen molar-refractivity contribution < 1.29 is 13.9 Å². The summed E-state index contributed by atoms with van der Waals surface area (Å²) in [6.07, 6.45) is 0.595. The van der Waals surface area contributed by atoms with E-state index in [1.165, 1.54) is 18.2 Å². The third-order valence-corrected chi connectivity index (χ3v) is 3.01. The van der Waals surface area contributed by atoms with E-state index < -0.39 is 5.82 Å². The molecule has 0 heterocycles. The van der Waals surface area contributed by atoms with Crippen LogP contribution in [-0.2, 0) is 5.41 Å². The van der Waals surface area contributed by atoms with Crippen LogP contribution in [0, 0.1) is 5.82 Å². The second kappa shape index (κ2) is 5.45. The summed E-state index contributed by atoms with van der Waals surface area (Å²) >= 11 is 0. The first kappa shape index (κ1) is 14.3. The predicted molar refractivity (Wildman–Crippen MR) is 77.0 cm³/mol. The van der Waals surface area contributed by atoms with E-state index >= 15 is 0 Å². The van der Waals surface area contributed by atoms with Crippen LogP contribution in [0.2, 0.25) is 0 Å². The van der Waals surface area contributed by atoms with Crippen molar-refractivity contribution in [2.45, 2.75) is 26.2 Å². The van der Waals surface area contributed by atoms with Crippen LogP contribution >= 0.6 is 0 Å². The SMILES string of the molecule is CC(C)(C)c1ccccc1Oc1ccc(F)cc1C=O. The van der Waals surface area contributed by atoms with Crippen LogP contribution in [0.1, 0.15) is 36.7 Å². The lowest BCUT2D eigenvalue weighted by molar-refractivity contribution is 0.112. The van der Waals surface area contributed by atoms with Crippen molar-refractivity contribution in [2.75, 3.05) is 0 Å². The molecule has 20 heavy (non-hydrogen) atoms. The van der Waals surface area contributed by atoms with Gasteiger partial charge >= 0.3 is 0 Å². The van der Waals surface area contributed by atoms with Crippen LogP contribution in [0.3, 0.4) is 0 Å². The Morgan fingerprint density at radius 3 is 2.40 bits per heavy atom. The van der Waals surface area contributed by atoms with Crippen LogP contribution in [0.4, 0.5) is 4.39 Å². The fourth-order valence-corrected chi connectivity index (χ4v) is 2.00. The Balaban J connectivity index is 2.43. The van der Waals surface area contributed by atoms with Crippen molar-refractivity contribution in [1.82, 2.24) is 0 Å². The summed E-state index contributed by atoms with van der Waals surface area (Å²) < 4.78 is 18.9. The van der Waals surface area contributed by atoms with Gasteiger partial charge in [-0.15, -0.1) is 0 Å². The monoisotopic (exact) mass is 272 g/mol. The zero-order chi connectivity index (χ0) is 14.8. The third kappa shape index (κ3) is 3.05. The molecule has 0 spiro atoms. The average Bonchev–Trinajstić information content (AvgIpc) is 2.40. The molecule has 0 aliphatic heterocycles. The maximum atomic E-state index is 13.1. The molecule has 0 atom stereocenters. The minimum Gasteiger partial charge on any atom is -0.456 e. The van der Waals surface area contributed by atoms with Gasteiger partial charge in [-0.25, -0.2) is 4.39 Å². The molecule has 2 nitrogen and oxygen atoms in total. The lowest BCUT2D eigenvalue weighted by atomic mass is 9.86. The van der Waals surface area contributed by atoms with Gasteiger partial charge in [0.15, 0.2) is 6.29 Å². The summed E-state index contributed by atoms with van der Waals surface area (Å²) in [7, 11) is 0. The number of carbonyl (C=O) groups excluding carboxylic acids is 1. The summed E-state index contributed by atoms with van der Waals surface area (Å²) in [6.45, 7) is 6.25. The van der Waals surface area contributed by atoms with E-state index in [-0.39, 0.29) is 11.0 Å². The maximum absolute atomic E-state index is 13.1. The molecule has 3 heteroatoms. The molecule has 0 bridgehead atoms. The topological polar surface area (TPSA) is 26.3 Å². The van der Waals surface area contributed by atoms with E-state index in [9.17, 15) is 9.18 Å². The van der Waals surface area contributed by atoms with E-state index in [0.29, 0.717) is 17.8 Å². The van der Waals surface area contributed by atoms with Crippen LogP contribution in [-0.4, -0.2) is 6.29 Å². The molecule has 0 aromatic heterocycles. The lowest BCUT2D eigenvalue weighted by Gasteiger charge is -2.22. The number of hydrogen-bond acceptors (Lipinski definition) is 2. The molecule has 2 aromatic carbocycles. The molecule has 0 fully saturated rings. The minimum atomic E-state index is -0.455. The summed E-state index contributed by atoms with van der Waals surface area (Å²) in [5, 5.41) is 0. The highest BCUT2D eigenvalue weighted by Crippen LogP contribution is 2.34. The number of halogens is 1. The zero-order valence-electron chi connectivity index (χ0n) is 11.8. The highest BCUT2D eigenvalue weighted by atomic mass is 19.1. The average molecular weight is 272 g/mol. The van der Waals surface area contributed by atoms with Gasteiger partial charge in [-0.2, -0.15) is 0 Å². The van der Waals surface area contributed by atoms with Gasteiger partial charge in [0.05, 0.1) is 5.56 Å². The molecule has 2 rings (SSSR count). The summed E-state index contributed by atoms with van der Waals surface area (Å²) in [5.74, 6) is 0.580. The third-order valence-electron chi connectivity index (χ3n) is 3.01. The van der Waals surface area contributed by atoms with E-state index in [2.05, 4.69) is 20.8 Å². The number of aldehydes is 1. The van der Waals surface area contributed by atoms with Gasteiger partial charge in [0.1, 0.15) is 17.3 Å². The Morgan fingerprint density at radius 1 is 1.05 bits per heavy atom. The first-order chi connectivity index (χ1) is 9.41.